The van der Waals surface area contributed by atoms with Gasteiger partial charge in [0.1, 0.15) is 5.58 Å². The summed E-state index contributed by atoms with van der Waals surface area (Å²) in [6.07, 6.45) is 0. The van der Waals surface area contributed by atoms with Crippen molar-refractivity contribution in [2.75, 3.05) is 12.0 Å². The van der Waals surface area contributed by atoms with Crippen molar-refractivity contribution in [1.29, 1.82) is 0 Å². The van der Waals surface area contributed by atoms with Crippen molar-refractivity contribution in [3.63, 3.8) is 0 Å². The van der Waals surface area contributed by atoms with E-state index in [0.717, 1.165) is 10.0 Å². The molecule has 0 aliphatic carbocycles. The number of hydrogen-bond acceptors (Lipinski definition) is 5. The van der Waals surface area contributed by atoms with Gasteiger partial charge in [0.15, 0.2) is 16.9 Å². The first-order valence-electron chi connectivity index (χ1n) is 10.0. The van der Waals surface area contributed by atoms with E-state index in [4.69, 9.17) is 9.15 Å². The first kappa shape index (κ1) is 21.7. The molecule has 0 radical (unpaired) electrons. The maximum absolute atomic E-state index is 13.7. The molecule has 2 heterocycles. The first-order valence-corrected chi connectivity index (χ1v) is 11.6. The van der Waals surface area contributed by atoms with Crippen LogP contribution in [-0.4, -0.2) is 18.1 Å². The number of aryl methyl sites for hydroxylation is 1. The molecule has 4 aromatic rings. The number of phenolic OH excluding ortho intramolecular Hbond substituents is 1. The Morgan fingerprint density at radius 1 is 1.03 bits per heavy atom. The molecule has 8 heteroatoms. The number of amides is 1. The fraction of sp³-hybridized carbons (Fsp3) is 0.120. The van der Waals surface area contributed by atoms with Crippen LogP contribution in [0.25, 0.3) is 11.0 Å². The number of methoxy groups -OCH3 is 1. The Morgan fingerprint density at radius 2 is 1.76 bits per heavy atom. The molecular formula is C25H17Br2NO5. The summed E-state index contributed by atoms with van der Waals surface area (Å²) in [5.41, 5.74) is 2.44. The van der Waals surface area contributed by atoms with Gasteiger partial charge in [-0.1, -0.05) is 27.6 Å². The highest BCUT2D eigenvalue weighted by molar-refractivity contribution is 9.10. The predicted octanol–water partition coefficient (Wildman–Crippen LogP) is 6.09. The molecule has 0 fully saturated rings. The van der Waals surface area contributed by atoms with Gasteiger partial charge in [0.2, 0.25) is 5.76 Å². The van der Waals surface area contributed by atoms with Gasteiger partial charge in [-0.15, -0.1) is 0 Å². The molecule has 1 aliphatic heterocycles. The van der Waals surface area contributed by atoms with Gasteiger partial charge < -0.3 is 14.3 Å². The molecule has 33 heavy (non-hydrogen) atoms. The minimum absolute atomic E-state index is 0.00689. The van der Waals surface area contributed by atoms with E-state index in [2.05, 4.69) is 31.9 Å². The van der Waals surface area contributed by atoms with Gasteiger partial charge in [0, 0.05) is 10.2 Å². The Hall–Kier alpha value is -3.10. The Balaban J connectivity index is 1.84. The highest BCUT2D eigenvalue weighted by Gasteiger charge is 2.44. The summed E-state index contributed by atoms with van der Waals surface area (Å²) in [6, 6.07) is 15.1. The molecule has 1 N–H and O–H groups in total. The van der Waals surface area contributed by atoms with Crippen molar-refractivity contribution in [2.45, 2.75) is 13.0 Å². The molecule has 1 aromatic heterocycles. The molecule has 3 aromatic carbocycles. The van der Waals surface area contributed by atoms with Crippen molar-refractivity contribution >= 4 is 54.4 Å². The number of ether oxygens (including phenoxy) is 1. The zero-order valence-electron chi connectivity index (χ0n) is 17.6. The van der Waals surface area contributed by atoms with Crippen molar-refractivity contribution in [1.82, 2.24) is 0 Å². The molecule has 166 valence electrons. The molecule has 1 atom stereocenters. The van der Waals surface area contributed by atoms with Crippen molar-refractivity contribution in [3.8, 4) is 11.5 Å². The van der Waals surface area contributed by atoms with Gasteiger partial charge in [-0.2, -0.15) is 0 Å². The summed E-state index contributed by atoms with van der Waals surface area (Å²) in [7, 11) is 1.44. The molecule has 5 rings (SSSR count). The quantitative estimate of drug-likeness (QED) is 0.322. The zero-order chi connectivity index (χ0) is 23.4. The summed E-state index contributed by atoms with van der Waals surface area (Å²) in [6.45, 7) is 1.89. The number of benzene rings is 3. The number of rotatable bonds is 3. The highest BCUT2D eigenvalue weighted by Crippen LogP contribution is 2.45. The van der Waals surface area contributed by atoms with Crippen LogP contribution in [0.4, 0.5) is 5.69 Å². The van der Waals surface area contributed by atoms with Gasteiger partial charge in [0.25, 0.3) is 5.91 Å². The van der Waals surface area contributed by atoms with E-state index in [1.165, 1.54) is 12.0 Å². The number of halogens is 2. The maximum Gasteiger partial charge on any atom is 0.295 e. The number of aromatic hydroxyl groups is 1. The molecule has 1 unspecified atom stereocenters. The van der Waals surface area contributed by atoms with Crippen LogP contribution in [0.3, 0.4) is 0 Å². The molecule has 1 amide bonds. The Kier molecular flexibility index (Phi) is 5.29. The van der Waals surface area contributed by atoms with Crippen LogP contribution < -0.4 is 15.1 Å². The topological polar surface area (TPSA) is 80.0 Å². The normalized spacial score (nSPS) is 15.2. The van der Waals surface area contributed by atoms with E-state index in [1.807, 2.05) is 25.1 Å². The van der Waals surface area contributed by atoms with Crippen molar-refractivity contribution in [3.05, 3.63) is 96.2 Å². The van der Waals surface area contributed by atoms with E-state index in [9.17, 15) is 14.7 Å². The lowest BCUT2D eigenvalue weighted by Crippen LogP contribution is -2.29. The van der Waals surface area contributed by atoms with E-state index in [0.29, 0.717) is 26.7 Å². The lowest BCUT2D eigenvalue weighted by molar-refractivity contribution is 0.0971. The first-order chi connectivity index (χ1) is 15.8. The number of anilines is 1. The second kappa shape index (κ2) is 8.04. The Labute approximate surface area is 205 Å². The zero-order valence-corrected chi connectivity index (χ0v) is 20.7. The number of phenols is 1. The third-order valence-corrected chi connectivity index (χ3v) is 6.85. The van der Waals surface area contributed by atoms with E-state index < -0.39 is 11.9 Å². The van der Waals surface area contributed by atoms with Crippen LogP contribution in [0.15, 0.2) is 72.8 Å². The number of nitrogens with zero attached hydrogens (tertiary/aromatic N) is 1. The SMILES string of the molecule is COc1cc(C2c3c(oc4ccc(C)cc4c3=O)C(=O)N2c2ccc(Br)cc2)cc(Br)c1O. The van der Waals surface area contributed by atoms with Gasteiger partial charge in [-0.05, 0) is 76.9 Å². The average Bonchev–Trinajstić information content (AvgIpc) is 3.09. The standard InChI is InChI=1S/C25H17Br2NO5/c1-12-3-8-18-16(9-12)22(29)20-21(13-10-17(27)23(30)19(11-13)32-2)28(25(31)24(20)33-18)15-6-4-14(26)5-7-15/h3-11,21,30H,1-2H3. The van der Waals surface area contributed by atoms with E-state index >= 15 is 0 Å². The second-order valence-electron chi connectivity index (χ2n) is 7.78. The second-order valence-corrected chi connectivity index (χ2v) is 9.55. The lowest BCUT2D eigenvalue weighted by atomic mass is 9.97. The minimum Gasteiger partial charge on any atom is -0.503 e. The number of carbonyl (C=O) groups is 1. The fourth-order valence-electron chi connectivity index (χ4n) is 4.18. The van der Waals surface area contributed by atoms with Gasteiger partial charge >= 0.3 is 0 Å². The van der Waals surface area contributed by atoms with Crippen LogP contribution in [-0.2, 0) is 0 Å². The van der Waals surface area contributed by atoms with E-state index in [1.54, 1.807) is 36.4 Å². The van der Waals surface area contributed by atoms with Crippen LogP contribution in [0.2, 0.25) is 0 Å². The van der Waals surface area contributed by atoms with E-state index in [-0.39, 0.29) is 28.3 Å². The Morgan fingerprint density at radius 3 is 2.45 bits per heavy atom. The summed E-state index contributed by atoms with van der Waals surface area (Å²) in [4.78, 5) is 28.9. The van der Waals surface area contributed by atoms with Crippen molar-refractivity contribution in [2.24, 2.45) is 0 Å². The monoisotopic (exact) mass is 569 g/mol. The molecular weight excluding hydrogens is 554 g/mol. The number of hydrogen-bond donors (Lipinski definition) is 1. The highest BCUT2D eigenvalue weighted by atomic mass is 79.9. The molecule has 0 spiro atoms. The van der Waals surface area contributed by atoms with Crippen LogP contribution >= 0.6 is 31.9 Å². The molecule has 0 saturated carbocycles. The largest absolute Gasteiger partial charge is 0.503 e. The summed E-state index contributed by atoms with van der Waals surface area (Å²) in [5.74, 6) is -0.258. The molecule has 6 nitrogen and oxygen atoms in total. The molecule has 1 aliphatic rings. The average molecular weight is 571 g/mol. The van der Waals surface area contributed by atoms with Crippen LogP contribution in [0.1, 0.15) is 33.3 Å². The van der Waals surface area contributed by atoms with Crippen LogP contribution in [0.5, 0.6) is 11.5 Å². The number of fused-ring (bicyclic) bond motifs is 2. The predicted molar refractivity (Wildman–Crippen MR) is 132 cm³/mol. The Bertz CT molecular complexity index is 1490. The fourth-order valence-corrected chi connectivity index (χ4v) is 4.90. The molecule has 0 saturated heterocycles. The van der Waals surface area contributed by atoms with Gasteiger partial charge in [0.05, 0.1) is 28.6 Å². The smallest absolute Gasteiger partial charge is 0.295 e. The third kappa shape index (κ3) is 3.45. The van der Waals surface area contributed by atoms with Crippen LogP contribution in [0, 0.1) is 6.92 Å². The summed E-state index contributed by atoms with van der Waals surface area (Å²) < 4.78 is 12.6. The van der Waals surface area contributed by atoms with Gasteiger partial charge in [-0.3, -0.25) is 14.5 Å². The summed E-state index contributed by atoms with van der Waals surface area (Å²) in [5, 5.41) is 10.7. The summed E-state index contributed by atoms with van der Waals surface area (Å²) >= 11 is 6.77. The lowest BCUT2D eigenvalue weighted by Gasteiger charge is -2.26. The maximum atomic E-state index is 13.7. The minimum atomic E-state index is -0.777. The van der Waals surface area contributed by atoms with Gasteiger partial charge in [-0.25, -0.2) is 0 Å². The van der Waals surface area contributed by atoms with Crippen molar-refractivity contribution < 1.29 is 19.1 Å². The molecule has 0 bridgehead atoms. The third-order valence-electron chi connectivity index (χ3n) is 5.72. The number of carbonyl (C=O) groups excluding carboxylic acids is 1.